The summed E-state index contributed by atoms with van der Waals surface area (Å²) in [6, 6.07) is 26.4. The first-order valence-corrected chi connectivity index (χ1v) is 10.9. The maximum Gasteiger partial charge on any atom is 0.331 e. The Morgan fingerprint density at radius 3 is 2.50 bits per heavy atom. The second kappa shape index (κ2) is 10.9. The zero-order chi connectivity index (χ0) is 23.8. The molecule has 0 saturated heterocycles. The summed E-state index contributed by atoms with van der Waals surface area (Å²) in [4.78, 5) is 29.0. The van der Waals surface area contributed by atoms with E-state index in [-0.39, 0.29) is 0 Å². The van der Waals surface area contributed by atoms with Gasteiger partial charge in [0.2, 0.25) is 0 Å². The number of aromatic nitrogens is 1. The lowest BCUT2D eigenvalue weighted by Crippen LogP contribution is -2.29. The topological polar surface area (TPSA) is 77.5 Å². The van der Waals surface area contributed by atoms with Crippen LogP contribution in [0.4, 0.5) is 5.69 Å². The highest BCUT2D eigenvalue weighted by atomic mass is 16.5. The maximum absolute atomic E-state index is 12.4. The van der Waals surface area contributed by atoms with Gasteiger partial charge in [0.1, 0.15) is 12.4 Å². The number of hydrogen-bond donors (Lipinski definition) is 1. The average molecular weight is 453 g/mol. The van der Waals surface area contributed by atoms with E-state index in [1.165, 1.54) is 13.0 Å². The van der Waals surface area contributed by atoms with Gasteiger partial charge in [-0.1, -0.05) is 54.6 Å². The van der Waals surface area contributed by atoms with Crippen LogP contribution < -0.4 is 10.1 Å². The molecule has 0 aliphatic carbocycles. The number of pyridine rings is 1. The monoisotopic (exact) mass is 452 g/mol. The van der Waals surface area contributed by atoms with E-state index in [4.69, 9.17) is 9.47 Å². The quantitative estimate of drug-likeness (QED) is 0.286. The fourth-order valence-electron chi connectivity index (χ4n) is 3.31. The molecule has 0 fully saturated rings. The van der Waals surface area contributed by atoms with Crippen LogP contribution in [0.2, 0.25) is 0 Å². The molecule has 1 atom stereocenters. The second-order valence-corrected chi connectivity index (χ2v) is 7.62. The van der Waals surface area contributed by atoms with Gasteiger partial charge in [0.15, 0.2) is 6.10 Å². The molecule has 0 spiro atoms. The van der Waals surface area contributed by atoms with Crippen LogP contribution in [0.1, 0.15) is 18.1 Å². The number of para-hydroxylation sites is 1. The summed E-state index contributed by atoms with van der Waals surface area (Å²) in [5.41, 5.74) is 3.23. The van der Waals surface area contributed by atoms with Crippen LogP contribution in [-0.4, -0.2) is 23.0 Å². The summed E-state index contributed by atoms with van der Waals surface area (Å²) < 4.78 is 11.0. The number of nitrogens with one attached hydrogen (secondary N) is 1. The molecule has 3 aromatic carbocycles. The number of benzene rings is 3. The highest BCUT2D eigenvalue weighted by Gasteiger charge is 2.16. The van der Waals surface area contributed by atoms with Crippen molar-refractivity contribution in [2.45, 2.75) is 19.6 Å². The third kappa shape index (κ3) is 6.07. The average Bonchev–Trinajstić information content (AvgIpc) is 2.87. The highest BCUT2D eigenvalue weighted by molar-refractivity contribution is 5.97. The Morgan fingerprint density at radius 1 is 0.941 bits per heavy atom. The molecule has 0 radical (unpaired) electrons. The van der Waals surface area contributed by atoms with Crippen LogP contribution in [0.3, 0.4) is 0 Å². The van der Waals surface area contributed by atoms with Crippen molar-refractivity contribution >= 4 is 34.5 Å². The predicted molar refractivity (Wildman–Crippen MR) is 132 cm³/mol. The number of carbonyl (C=O) groups excluding carboxylic acids is 2. The van der Waals surface area contributed by atoms with E-state index in [0.717, 1.165) is 22.0 Å². The molecule has 1 heterocycles. The van der Waals surface area contributed by atoms with Crippen LogP contribution in [0.25, 0.3) is 17.0 Å². The van der Waals surface area contributed by atoms with E-state index >= 15 is 0 Å². The molecule has 1 amide bonds. The van der Waals surface area contributed by atoms with Gasteiger partial charge in [0.25, 0.3) is 5.91 Å². The minimum atomic E-state index is -0.961. The van der Waals surface area contributed by atoms with Crippen molar-refractivity contribution in [1.29, 1.82) is 0 Å². The van der Waals surface area contributed by atoms with E-state index in [0.29, 0.717) is 18.0 Å². The van der Waals surface area contributed by atoms with Gasteiger partial charge in [0, 0.05) is 28.9 Å². The Balaban J connectivity index is 1.28. The molecule has 1 aromatic heterocycles. The number of ether oxygens (including phenoxy) is 2. The van der Waals surface area contributed by atoms with E-state index in [9.17, 15) is 9.59 Å². The van der Waals surface area contributed by atoms with Crippen molar-refractivity contribution in [3.8, 4) is 5.75 Å². The Morgan fingerprint density at radius 2 is 1.71 bits per heavy atom. The highest BCUT2D eigenvalue weighted by Crippen LogP contribution is 2.19. The lowest BCUT2D eigenvalue weighted by Gasteiger charge is -2.13. The van der Waals surface area contributed by atoms with E-state index in [1.54, 1.807) is 36.5 Å². The normalized spacial score (nSPS) is 11.8. The summed E-state index contributed by atoms with van der Waals surface area (Å²) in [5.74, 6) is -0.346. The molecule has 0 aliphatic rings. The van der Waals surface area contributed by atoms with Gasteiger partial charge >= 0.3 is 5.97 Å². The molecule has 1 N–H and O–H groups in total. The molecule has 0 unspecified atom stereocenters. The van der Waals surface area contributed by atoms with Crippen molar-refractivity contribution in [3.63, 3.8) is 0 Å². The molecule has 34 heavy (non-hydrogen) atoms. The molecule has 4 aromatic rings. The number of anilines is 1. The first-order valence-electron chi connectivity index (χ1n) is 10.9. The fraction of sp³-hybridized carbons (Fsp3) is 0.107. The smallest absolute Gasteiger partial charge is 0.331 e. The van der Waals surface area contributed by atoms with Crippen LogP contribution in [-0.2, 0) is 20.9 Å². The van der Waals surface area contributed by atoms with Crippen LogP contribution >= 0.6 is 0 Å². The molecule has 0 aliphatic heterocycles. The zero-order valence-electron chi connectivity index (χ0n) is 18.7. The fourth-order valence-corrected chi connectivity index (χ4v) is 3.31. The van der Waals surface area contributed by atoms with Crippen molar-refractivity contribution in [1.82, 2.24) is 4.98 Å². The predicted octanol–water partition coefficient (Wildman–Crippen LogP) is 5.40. The number of nitrogens with zero attached hydrogens (tertiary/aromatic N) is 1. The number of rotatable bonds is 8. The second-order valence-electron chi connectivity index (χ2n) is 7.62. The SMILES string of the molecule is C[C@H](OC(=O)/C=C\c1cccc2cccnc12)C(=O)Nc1ccc(OCc2ccccc2)cc1. The molecule has 170 valence electrons. The van der Waals surface area contributed by atoms with Gasteiger partial charge in [-0.25, -0.2) is 4.79 Å². The van der Waals surface area contributed by atoms with E-state index < -0.39 is 18.0 Å². The summed E-state index contributed by atoms with van der Waals surface area (Å²) in [6.45, 7) is 1.99. The maximum atomic E-state index is 12.4. The first-order chi connectivity index (χ1) is 16.6. The lowest BCUT2D eigenvalue weighted by atomic mass is 10.1. The number of amides is 1. The molecule has 0 bridgehead atoms. The zero-order valence-corrected chi connectivity index (χ0v) is 18.7. The van der Waals surface area contributed by atoms with Crippen LogP contribution in [0, 0.1) is 0 Å². The number of carbonyl (C=O) groups is 2. The standard InChI is InChI=1S/C28H24N2O4/c1-20(34-26(31)17-12-23-10-5-9-22-11-6-18-29-27(22)23)28(32)30-24-13-15-25(16-14-24)33-19-21-7-3-2-4-8-21/h2-18,20H,19H2,1H3,(H,30,32)/b17-12-/t20-/m0/s1. The van der Waals surface area contributed by atoms with Crippen molar-refractivity contribution in [3.05, 3.63) is 108 Å². The third-order valence-corrected chi connectivity index (χ3v) is 5.10. The van der Waals surface area contributed by atoms with Crippen LogP contribution in [0.5, 0.6) is 5.75 Å². The Labute approximate surface area is 197 Å². The minimum Gasteiger partial charge on any atom is -0.489 e. The molecule has 6 nitrogen and oxygen atoms in total. The van der Waals surface area contributed by atoms with Crippen molar-refractivity contribution in [2.75, 3.05) is 5.32 Å². The number of hydrogen-bond acceptors (Lipinski definition) is 5. The summed E-state index contributed by atoms with van der Waals surface area (Å²) in [5, 5.41) is 3.71. The lowest BCUT2D eigenvalue weighted by molar-refractivity contribution is -0.148. The van der Waals surface area contributed by atoms with Crippen molar-refractivity contribution in [2.24, 2.45) is 0 Å². The molecule has 4 rings (SSSR count). The number of fused-ring (bicyclic) bond motifs is 1. The summed E-state index contributed by atoms with van der Waals surface area (Å²) >= 11 is 0. The Hall–Kier alpha value is -4.45. The van der Waals surface area contributed by atoms with Crippen LogP contribution in [0.15, 0.2) is 97.2 Å². The van der Waals surface area contributed by atoms with Gasteiger partial charge in [-0.3, -0.25) is 9.78 Å². The van der Waals surface area contributed by atoms with Gasteiger partial charge in [0.05, 0.1) is 5.52 Å². The molecular weight excluding hydrogens is 428 g/mol. The van der Waals surface area contributed by atoms with Gasteiger partial charge < -0.3 is 14.8 Å². The van der Waals surface area contributed by atoms with Gasteiger partial charge in [-0.2, -0.15) is 0 Å². The van der Waals surface area contributed by atoms with Gasteiger partial charge in [-0.15, -0.1) is 0 Å². The first kappa shape index (κ1) is 22.7. The molecule has 6 heteroatoms. The van der Waals surface area contributed by atoms with E-state index in [2.05, 4.69) is 10.3 Å². The minimum absolute atomic E-state index is 0.425. The molecular formula is C28H24N2O4. The van der Waals surface area contributed by atoms with Gasteiger partial charge in [-0.05, 0) is 48.9 Å². The third-order valence-electron chi connectivity index (χ3n) is 5.10. The summed E-state index contributed by atoms with van der Waals surface area (Å²) in [6.07, 6.45) is 3.67. The Kier molecular flexibility index (Phi) is 7.30. The largest absolute Gasteiger partial charge is 0.489 e. The molecule has 0 saturated carbocycles. The van der Waals surface area contributed by atoms with Crippen molar-refractivity contribution < 1.29 is 19.1 Å². The summed E-state index contributed by atoms with van der Waals surface area (Å²) in [7, 11) is 0. The Bertz CT molecular complexity index is 1300. The van der Waals surface area contributed by atoms with E-state index in [1.807, 2.05) is 60.7 Å². The number of esters is 1.